The second-order valence-electron chi connectivity index (χ2n) is 4.98. The Morgan fingerprint density at radius 1 is 0.913 bits per heavy atom. The molecule has 0 unspecified atom stereocenters. The number of carbonyl (C=O) groups excluding carboxylic acids is 2. The molecule has 0 radical (unpaired) electrons. The van der Waals surface area contributed by atoms with E-state index in [-0.39, 0.29) is 11.9 Å². The molecule has 130 valence electrons. The van der Waals surface area contributed by atoms with Crippen molar-refractivity contribution in [3.8, 4) is 5.75 Å². The van der Waals surface area contributed by atoms with Crippen molar-refractivity contribution in [1.29, 1.82) is 0 Å². The summed E-state index contributed by atoms with van der Waals surface area (Å²) in [4.78, 5) is 23.8. The molecule has 0 bridgehead atoms. The predicted octanol–water partition coefficient (Wildman–Crippen LogP) is 4.67. The maximum absolute atomic E-state index is 11.9. The molecule has 1 aromatic rings. The van der Waals surface area contributed by atoms with E-state index in [0.717, 1.165) is 29.3 Å². The Morgan fingerprint density at radius 2 is 1.39 bits per heavy atom. The summed E-state index contributed by atoms with van der Waals surface area (Å²) in [5.41, 5.74) is 0. The molecule has 1 aromatic carbocycles. The molecule has 0 atom stereocenters. The molecule has 0 aliphatic rings. The van der Waals surface area contributed by atoms with Crippen LogP contribution in [0.15, 0.2) is 24.3 Å². The van der Waals surface area contributed by atoms with Gasteiger partial charge in [0, 0.05) is 0 Å². The molecular weight excluding hydrogens is 411 g/mol. The zero-order valence-corrected chi connectivity index (χ0v) is 16.1. The van der Waals surface area contributed by atoms with E-state index in [1.165, 1.54) is 0 Å². The number of hydrogen-bond donors (Lipinski definition) is 0. The number of hydrogen-bond acceptors (Lipinski definition) is 5. The van der Waals surface area contributed by atoms with Crippen molar-refractivity contribution in [1.82, 2.24) is 0 Å². The summed E-state index contributed by atoms with van der Waals surface area (Å²) in [5.74, 6) is 0.117. The summed E-state index contributed by atoms with van der Waals surface area (Å²) in [5, 5.41) is 0. The quantitative estimate of drug-likeness (QED) is 0.499. The van der Waals surface area contributed by atoms with E-state index in [9.17, 15) is 9.59 Å². The zero-order chi connectivity index (χ0) is 17.1. The molecule has 23 heavy (non-hydrogen) atoms. The Labute approximate surface area is 146 Å². The predicted molar refractivity (Wildman–Crippen MR) is 96.9 cm³/mol. The van der Waals surface area contributed by atoms with Gasteiger partial charge in [0.1, 0.15) is 0 Å². The van der Waals surface area contributed by atoms with E-state index in [1.807, 2.05) is 13.8 Å². The zero-order valence-electron chi connectivity index (χ0n) is 14.0. The standard InChI is InChI=1S/C17H25IO5/c1-4-6-8-16(19)22-18(23-17(20)9-7-5-2)14-10-12-15(21-3)13-11-14/h10-13H,4-9H2,1-3H3. The van der Waals surface area contributed by atoms with E-state index in [0.29, 0.717) is 18.6 Å². The van der Waals surface area contributed by atoms with E-state index in [4.69, 9.17) is 10.9 Å². The van der Waals surface area contributed by atoms with Crippen LogP contribution in [-0.4, -0.2) is 19.0 Å². The van der Waals surface area contributed by atoms with E-state index >= 15 is 0 Å². The fraction of sp³-hybridized carbons (Fsp3) is 0.529. The van der Waals surface area contributed by atoms with Gasteiger partial charge in [-0.1, -0.05) is 0 Å². The third-order valence-corrected chi connectivity index (χ3v) is 6.53. The van der Waals surface area contributed by atoms with Gasteiger partial charge < -0.3 is 0 Å². The molecule has 0 saturated carbocycles. The van der Waals surface area contributed by atoms with Gasteiger partial charge in [-0.05, 0) is 0 Å². The molecule has 0 saturated heterocycles. The Bertz CT molecular complexity index is 464. The third-order valence-electron chi connectivity index (χ3n) is 3.01. The van der Waals surface area contributed by atoms with Crippen LogP contribution < -0.4 is 4.74 Å². The number of benzene rings is 1. The minimum atomic E-state index is -2.78. The summed E-state index contributed by atoms with van der Waals surface area (Å²) >= 11 is -2.78. The fourth-order valence-electron chi connectivity index (χ4n) is 1.65. The number of unbranched alkanes of at least 4 members (excludes halogenated alkanes) is 2. The second-order valence-corrected chi connectivity index (χ2v) is 8.35. The average Bonchev–Trinajstić information content (AvgIpc) is 2.57. The number of ether oxygens (including phenoxy) is 1. The van der Waals surface area contributed by atoms with Crippen molar-refractivity contribution >= 4 is 32.6 Å². The van der Waals surface area contributed by atoms with Gasteiger partial charge in [0.05, 0.1) is 0 Å². The first-order chi connectivity index (χ1) is 11.1. The topological polar surface area (TPSA) is 61.8 Å². The van der Waals surface area contributed by atoms with Gasteiger partial charge in [-0.3, -0.25) is 0 Å². The van der Waals surface area contributed by atoms with Crippen molar-refractivity contribution < 1.29 is 20.5 Å². The summed E-state index contributed by atoms with van der Waals surface area (Å²) in [7, 11) is 1.58. The van der Waals surface area contributed by atoms with E-state index in [2.05, 4.69) is 0 Å². The molecule has 1 rings (SSSR count). The van der Waals surface area contributed by atoms with Gasteiger partial charge in [-0.15, -0.1) is 0 Å². The van der Waals surface area contributed by atoms with Crippen LogP contribution in [0.1, 0.15) is 52.4 Å². The Hall–Kier alpha value is -1.31. The molecular formula is C17H25IO5. The first-order valence-electron chi connectivity index (χ1n) is 7.87. The van der Waals surface area contributed by atoms with Gasteiger partial charge in [0.2, 0.25) is 0 Å². The van der Waals surface area contributed by atoms with Crippen LogP contribution in [-0.2, 0) is 15.7 Å². The van der Waals surface area contributed by atoms with Crippen molar-refractivity contribution in [2.75, 3.05) is 7.11 Å². The first-order valence-corrected chi connectivity index (χ1v) is 10.7. The number of carbonyl (C=O) groups is 2. The Balaban J connectivity index is 2.77. The van der Waals surface area contributed by atoms with Crippen LogP contribution in [0.25, 0.3) is 0 Å². The molecule has 0 spiro atoms. The molecule has 5 nitrogen and oxygen atoms in total. The molecule has 0 N–H and O–H groups in total. The van der Waals surface area contributed by atoms with Gasteiger partial charge in [0.25, 0.3) is 0 Å². The van der Waals surface area contributed by atoms with Crippen LogP contribution in [0, 0.1) is 3.57 Å². The van der Waals surface area contributed by atoms with Crippen LogP contribution in [0.3, 0.4) is 0 Å². The van der Waals surface area contributed by atoms with Crippen molar-refractivity contribution in [2.24, 2.45) is 0 Å². The number of rotatable bonds is 10. The minimum absolute atomic E-state index is 0.295. The Morgan fingerprint density at radius 3 is 1.78 bits per heavy atom. The summed E-state index contributed by atoms with van der Waals surface area (Å²) in [6, 6.07) is 7.15. The molecule has 0 aliphatic carbocycles. The summed E-state index contributed by atoms with van der Waals surface area (Å²) in [6.07, 6.45) is 4.09. The van der Waals surface area contributed by atoms with Crippen LogP contribution in [0.4, 0.5) is 0 Å². The van der Waals surface area contributed by atoms with Gasteiger partial charge in [0.15, 0.2) is 0 Å². The molecule has 0 fully saturated rings. The van der Waals surface area contributed by atoms with Crippen molar-refractivity contribution in [2.45, 2.75) is 52.4 Å². The van der Waals surface area contributed by atoms with Crippen LogP contribution >= 0.6 is 20.6 Å². The van der Waals surface area contributed by atoms with Crippen LogP contribution in [0.2, 0.25) is 0 Å². The maximum atomic E-state index is 11.9. The molecule has 6 heteroatoms. The number of methoxy groups -OCH3 is 1. The van der Waals surface area contributed by atoms with Gasteiger partial charge >= 0.3 is 146 Å². The van der Waals surface area contributed by atoms with E-state index in [1.54, 1.807) is 31.4 Å². The Kier molecular flexibility index (Phi) is 9.66. The van der Waals surface area contributed by atoms with Gasteiger partial charge in [-0.2, -0.15) is 0 Å². The van der Waals surface area contributed by atoms with E-state index < -0.39 is 20.6 Å². The van der Waals surface area contributed by atoms with Crippen molar-refractivity contribution in [3.05, 3.63) is 27.8 Å². The third kappa shape index (κ3) is 7.67. The fourth-order valence-corrected chi connectivity index (χ4v) is 4.53. The first kappa shape index (κ1) is 19.7. The average molecular weight is 436 g/mol. The second kappa shape index (κ2) is 11.3. The van der Waals surface area contributed by atoms with Gasteiger partial charge in [-0.25, -0.2) is 0 Å². The number of halogens is 1. The molecule has 0 amide bonds. The summed E-state index contributed by atoms with van der Waals surface area (Å²) < 4.78 is 16.9. The van der Waals surface area contributed by atoms with Crippen LogP contribution in [0.5, 0.6) is 5.75 Å². The molecule has 0 aromatic heterocycles. The summed E-state index contributed by atoms with van der Waals surface area (Å²) in [6.45, 7) is 4.02. The molecule has 0 heterocycles. The normalized spacial score (nSPS) is 10.8. The monoisotopic (exact) mass is 436 g/mol. The van der Waals surface area contributed by atoms with Crippen molar-refractivity contribution in [3.63, 3.8) is 0 Å². The SMILES string of the molecule is CCCCC(=O)OI(OC(=O)CCCC)c1ccc(OC)cc1. The molecule has 0 aliphatic heterocycles.